The number of amides is 1. The van der Waals surface area contributed by atoms with Crippen LogP contribution in [0.4, 0.5) is 0 Å². The number of hydrogen-bond donors (Lipinski definition) is 2. The molecule has 0 bridgehead atoms. The molecule has 1 amide bonds. The van der Waals surface area contributed by atoms with Crippen LogP contribution in [-0.4, -0.2) is 23.5 Å². The van der Waals surface area contributed by atoms with Crippen molar-refractivity contribution in [2.75, 3.05) is 6.54 Å². The van der Waals surface area contributed by atoms with E-state index in [2.05, 4.69) is 15.6 Å². The number of aromatic nitrogens is 1. The summed E-state index contributed by atoms with van der Waals surface area (Å²) in [5.41, 5.74) is 0.890. The molecule has 5 heteroatoms. The summed E-state index contributed by atoms with van der Waals surface area (Å²) >= 11 is 5.87. The Balaban J connectivity index is 2.31. The molecule has 0 atom stereocenters. The van der Waals surface area contributed by atoms with Crippen molar-refractivity contribution < 1.29 is 4.79 Å². The number of nitrogens with one attached hydrogen (secondary N) is 2. The van der Waals surface area contributed by atoms with Crippen LogP contribution in [0.15, 0.2) is 18.3 Å². The van der Waals surface area contributed by atoms with Crippen molar-refractivity contribution in [3.05, 3.63) is 29.0 Å². The number of halogens is 1. The van der Waals surface area contributed by atoms with Crippen LogP contribution in [0, 0.1) is 0 Å². The van der Waals surface area contributed by atoms with E-state index < -0.39 is 0 Å². The number of rotatable bonds is 5. The highest BCUT2D eigenvalue weighted by Crippen LogP contribution is 2.10. The fraction of sp³-hybridized carbons (Fsp3) is 0.455. The smallest absolute Gasteiger partial charge is 0.234 e. The van der Waals surface area contributed by atoms with Gasteiger partial charge in [0.2, 0.25) is 5.91 Å². The van der Waals surface area contributed by atoms with E-state index in [0.717, 1.165) is 5.56 Å². The van der Waals surface area contributed by atoms with Crippen LogP contribution in [0.3, 0.4) is 0 Å². The van der Waals surface area contributed by atoms with Gasteiger partial charge in [-0.25, -0.2) is 4.98 Å². The molecule has 0 aliphatic carbocycles. The molecule has 1 rings (SSSR count). The van der Waals surface area contributed by atoms with E-state index in [1.165, 1.54) is 0 Å². The van der Waals surface area contributed by atoms with Crippen molar-refractivity contribution in [1.82, 2.24) is 15.6 Å². The van der Waals surface area contributed by atoms with Gasteiger partial charge in [-0.2, -0.15) is 0 Å². The Morgan fingerprint density at radius 1 is 1.56 bits per heavy atom. The minimum absolute atomic E-state index is 0.0185. The molecule has 0 aliphatic rings. The topological polar surface area (TPSA) is 54.0 Å². The second kappa shape index (κ2) is 6.45. The van der Waals surface area contributed by atoms with Crippen LogP contribution >= 0.6 is 11.6 Å². The van der Waals surface area contributed by atoms with Crippen LogP contribution < -0.4 is 10.6 Å². The average molecular weight is 242 g/mol. The Hall–Kier alpha value is -1.13. The highest BCUT2D eigenvalue weighted by atomic mass is 35.5. The summed E-state index contributed by atoms with van der Waals surface area (Å²) in [6, 6.07) is 3.86. The Labute approximate surface area is 100 Å². The quantitative estimate of drug-likeness (QED) is 0.766. The second-order valence-electron chi connectivity index (χ2n) is 3.78. The maximum atomic E-state index is 11.3. The van der Waals surface area contributed by atoms with Gasteiger partial charge in [0.05, 0.1) is 6.54 Å². The number of carbonyl (C=O) groups excluding carboxylic acids is 1. The molecule has 0 radical (unpaired) electrons. The van der Waals surface area contributed by atoms with Gasteiger partial charge < -0.3 is 10.6 Å². The van der Waals surface area contributed by atoms with Gasteiger partial charge in [0.15, 0.2) is 0 Å². The molecule has 2 N–H and O–H groups in total. The molecule has 0 unspecified atom stereocenters. The lowest BCUT2D eigenvalue weighted by Crippen LogP contribution is -2.37. The minimum Gasteiger partial charge on any atom is -0.353 e. The average Bonchev–Trinajstić information content (AvgIpc) is 2.19. The number of carbonyl (C=O) groups is 1. The maximum Gasteiger partial charge on any atom is 0.234 e. The lowest BCUT2D eigenvalue weighted by Gasteiger charge is -2.09. The molecule has 0 fully saturated rings. The van der Waals surface area contributed by atoms with E-state index in [1.54, 1.807) is 6.20 Å². The Bertz CT molecular complexity index is 355. The van der Waals surface area contributed by atoms with Gasteiger partial charge in [0, 0.05) is 24.3 Å². The summed E-state index contributed by atoms with van der Waals surface area (Å²) in [6.45, 7) is 4.67. The zero-order chi connectivity index (χ0) is 12.0. The van der Waals surface area contributed by atoms with Crippen molar-refractivity contribution in [3.8, 4) is 0 Å². The Kier molecular flexibility index (Phi) is 5.22. The molecule has 0 saturated carbocycles. The minimum atomic E-state index is -0.0185. The predicted octanol–water partition coefficient (Wildman–Crippen LogP) is 1.35. The number of pyridine rings is 1. The van der Waals surface area contributed by atoms with E-state index in [1.807, 2.05) is 26.0 Å². The molecule has 1 heterocycles. The molecule has 1 aromatic rings. The van der Waals surface area contributed by atoms with Gasteiger partial charge in [-0.05, 0) is 19.9 Å². The first-order chi connectivity index (χ1) is 7.59. The van der Waals surface area contributed by atoms with Crippen LogP contribution in [0.25, 0.3) is 0 Å². The third kappa shape index (κ3) is 4.59. The van der Waals surface area contributed by atoms with Crippen molar-refractivity contribution in [1.29, 1.82) is 0 Å². The summed E-state index contributed by atoms with van der Waals surface area (Å²) in [4.78, 5) is 15.3. The summed E-state index contributed by atoms with van der Waals surface area (Å²) < 4.78 is 0. The zero-order valence-electron chi connectivity index (χ0n) is 9.46. The normalized spacial score (nSPS) is 10.5. The maximum absolute atomic E-state index is 11.3. The lowest BCUT2D eigenvalue weighted by atomic mass is 10.3. The van der Waals surface area contributed by atoms with E-state index >= 15 is 0 Å². The number of hydrogen-bond acceptors (Lipinski definition) is 3. The molecular formula is C11H16ClN3O. The van der Waals surface area contributed by atoms with Crippen LogP contribution in [-0.2, 0) is 11.3 Å². The molecule has 0 spiro atoms. The first kappa shape index (κ1) is 12.9. The van der Waals surface area contributed by atoms with Crippen LogP contribution in [0.1, 0.15) is 19.4 Å². The molecule has 16 heavy (non-hydrogen) atoms. The fourth-order valence-corrected chi connectivity index (χ4v) is 1.42. The summed E-state index contributed by atoms with van der Waals surface area (Å²) in [7, 11) is 0. The summed E-state index contributed by atoms with van der Waals surface area (Å²) in [5.74, 6) is -0.0185. The van der Waals surface area contributed by atoms with E-state index in [4.69, 9.17) is 11.6 Å². The van der Waals surface area contributed by atoms with E-state index in [0.29, 0.717) is 11.7 Å². The monoisotopic (exact) mass is 241 g/mol. The van der Waals surface area contributed by atoms with Gasteiger partial charge >= 0.3 is 0 Å². The van der Waals surface area contributed by atoms with Gasteiger partial charge in [-0.15, -0.1) is 0 Å². The highest BCUT2D eigenvalue weighted by molar-refractivity contribution is 6.30. The van der Waals surface area contributed by atoms with Crippen molar-refractivity contribution in [2.45, 2.75) is 26.4 Å². The molecule has 0 aromatic carbocycles. The predicted molar refractivity (Wildman–Crippen MR) is 64.2 cm³/mol. The van der Waals surface area contributed by atoms with Crippen molar-refractivity contribution in [3.63, 3.8) is 0 Å². The third-order valence-corrected chi connectivity index (χ3v) is 2.23. The van der Waals surface area contributed by atoms with Crippen LogP contribution in [0.5, 0.6) is 0 Å². The van der Waals surface area contributed by atoms with Gasteiger partial charge in [0.25, 0.3) is 0 Å². The molecule has 0 aliphatic heterocycles. The first-order valence-electron chi connectivity index (χ1n) is 5.19. The Morgan fingerprint density at radius 2 is 2.31 bits per heavy atom. The molecule has 88 valence electrons. The first-order valence-corrected chi connectivity index (χ1v) is 5.57. The van der Waals surface area contributed by atoms with Crippen LogP contribution in [0.2, 0.25) is 5.15 Å². The fourth-order valence-electron chi connectivity index (χ4n) is 1.23. The summed E-state index contributed by atoms with van der Waals surface area (Å²) in [5, 5.41) is 6.28. The largest absolute Gasteiger partial charge is 0.353 e. The lowest BCUT2D eigenvalue weighted by molar-refractivity contribution is -0.120. The van der Waals surface area contributed by atoms with Crippen molar-refractivity contribution in [2.24, 2.45) is 0 Å². The molecule has 1 aromatic heterocycles. The molecular weight excluding hydrogens is 226 g/mol. The standard InChI is InChI=1S/C11H16ClN3O/c1-8(2)15-10(16)7-13-6-9-4-3-5-14-11(9)12/h3-5,8,13H,6-7H2,1-2H3,(H,15,16). The van der Waals surface area contributed by atoms with Gasteiger partial charge in [0.1, 0.15) is 5.15 Å². The Morgan fingerprint density at radius 3 is 2.94 bits per heavy atom. The third-order valence-electron chi connectivity index (χ3n) is 1.89. The van der Waals surface area contributed by atoms with E-state index in [-0.39, 0.29) is 18.5 Å². The number of nitrogens with zero attached hydrogens (tertiary/aromatic N) is 1. The van der Waals surface area contributed by atoms with Gasteiger partial charge in [-0.3, -0.25) is 4.79 Å². The highest BCUT2D eigenvalue weighted by Gasteiger charge is 2.03. The van der Waals surface area contributed by atoms with Gasteiger partial charge in [-0.1, -0.05) is 17.7 Å². The van der Waals surface area contributed by atoms with E-state index in [9.17, 15) is 4.79 Å². The van der Waals surface area contributed by atoms with Crippen molar-refractivity contribution >= 4 is 17.5 Å². The second-order valence-corrected chi connectivity index (χ2v) is 4.14. The summed E-state index contributed by atoms with van der Waals surface area (Å²) in [6.07, 6.45) is 1.64. The molecule has 0 saturated heterocycles. The zero-order valence-corrected chi connectivity index (χ0v) is 10.2. The SMILES string of the molecule is CC(C)NC(=O)CNCc1cccnc1Cl. The molecule has 4 nitrogen and oxygen atoms in total.